The number of alkyl halides is 2. The van der Waals surface area contributed by atoms with Crippen molar-refractivity contribution < 1.29 is 27.8 Å². The van der Waals surface area contributed by atoms with Gasteiger partial charge in [0.1, 0.15) is 11.5 Å². The van der Waals surface area contributed by atoms with E-state index in [2.05, 4.69) is 15.6 Å². The number of aryl methyl sites for hydroxylation is 1. The Balaban J connectivity index is 1.80. The molecule has 0 saturated carbocycles. The van der Waals surface area contributed by atoms with Gasteiger partial charge in [-0.3, -0.25) is 20.4 Å². The molecule has 0 spiro atoms. The zero-order valence-electron chi connectivity index (χ0n) is 16.9. The summed E-state index contributed by atoms with van der Waals surface area (Å²) >= 11 is 0. The summed E-state index contributed by atoms with van der Waals surface area (Å²) in [5, 5.41) is 0. The number of hydrazine groups is 1. The quantitative estimate of drug-likeness (QED) is 0.503. The van der Waals surface area contributed by atoms with Crippen LogP contribution in [0.2, 0.25) is 0 Å². The van der Waals surface area contributed by atoms with E-state index in [1.54, 1.807) is 0 Å². The number of rotatable bonds is 8. The highest BCUT2D eigenvalue weighted by Gasteiger charge is 2.10. The molecule has 0 bridgehead atoms. The molecule has 2 N–H and O–H groups in total. The number of ether oxygens (including phenoxy) is 2. The molecular formula is C22H24F2N2O4. The average molecular weight is 418 g/mol. The van der Waals surface area contributed by atoms with Gasteiger partial charge >= 0.3 is 6.61 Å². The van der Waals surface area contributed by atoms with E-state index in [9.17, 15) is 18.4 Å². The fourth-order valence-electron chi connectivity index (χ4n) is 2.53. The van der Waals surface area contributed by atoms with E-state index in [0.717, 1.165) is 11.1 Å². The predicted octanol–water partition coefficient (Wildman–Crippen LogP) is 3.96. The van der Waals surface area contributed by atoms with Crippen molar-refractivity contribution in [2.75, 3.05) is 6.61 Å². The van der Waals surface area contributed by atoms with Gasteiger partial charge < -0.3 is 9.47 Å². The van der Waals surface area contributed by atoms with Crippen LogP contribution in [0.1, 0.15) is 36.5 Å². The average Bonchev–Trinajstić information content (AvgIpc) is 2.69. The molecule has 0 aliphatic carbocycles. The van der Waals surface area contributed by atoms with Crippen molar-refractivity contribution in [3.05, 3.63) is 65.2 Å². The fourth-order valence-corrected chi connectivity index (χ4v) is 2.53. The van der Waals surface area contributed by atoms with Crippen molar-refractivity contribution in [1.29, 1.82) is 0 Å². The molecule has 8 heteroatoms. The Hall–Kier alpha value is -3.42. The van der Waals surface area contributed by atoms with Gasteiger partial charge in [0.25, 0.3) is 11.8 Å². The number of hydrogen-bond donors (Lipinski definition) is 2. The first-order chi connectivity index (χ1) is 14.2. The van der Waals surface area contributed by atoms with Crippen molar-refractivity contribution in [1.82, 2.24) is 10.9 Å². The highest BCUT2D eigenvalue weighted by molar-refractivity contribution is 5.93. The van der Waals surface area contributed by atoms with Gasteiger partial charge in [-0.1, -0.05) is 38.1 Å². The largest absolute Gasteiger partial charge is 0.483 e. The fraction of sp³-hybridized carbons (Fsp3) is 0.273. The van der Waals surface area contributed by atoms with Gasteiger partial charge in [-0.05, 0) is 53.8 Å². The molecule has 0 heterocycles. The van der Waals surface area contributed by atoms with Crippen LogP contribution in [-0.2, 0) is 9.59 Å². The van der Waals surface area contributed by atoms with Gasteiger partial charge in [-0.2, -0.15) is 8.78 Å². The molecule has 0 saturated heterocycles. The minimum atomic E-state index is -2.90. The molecule has 0 atom stereocenters. The summed E-state index contributed by atoms with van der Waals surface area (Å²) in [4.78, 5) is 23.8. The molecule has 6 nitrogen and oxygen atoms in total. The molecular weight excluding hydrogens is 394 g/mol. The van der Waals surface area contributed by atoms with Crippen molar-refractivity contribution in [2.45, 2.75) is 33.3 Å². The maximum absolute atomic E-state index is 12.1. The molecule has 0 aliphatic heterocycles. The second-order valence-corrected chi connectivity index (χ2v) is 6.80. The summed E-state index contributed by atoms with van der Waals surface area (Å²) in [6.07, 6.45) is 2.66. The summed E-state index contributed by atoms with van der Waals surface area (Å²) in [6, 6.07) is 11.6. The standard InChI is InChI=1S/C22H24F2N2O4/c1-14(2)18-10-4-15(3)12-19(18)29-13-21(28)26-25-20(27)11-7-16-5-8-17(9-6-16)30-22(23)24/h4-12,14,22H,13H2,1-3H3,(H,25,27)(H,26,28)/b11-7+. The van der Waals surface area contributed by atoms with Gasteiger partial charge in [0.2, 0.25) is 0 Å². The first kappa shape index (κ1) is 22.9. The molecule has 0 unspecified atom stereocenters. The first-order valence-electron chi connectivity index (χ1n) is 9.29. The van der Waals surface area contributed by atoms with Gasteiger partial charge in [0, 0.05) is 6.08 Å². The van der Waals surface area contributed by atoms with Crippen LogP contribution in [0.5, 0.6) is 11.5 Å². The summed E-state index contributed by atoms with van der Waals surface area (Å²) in [7, 11) is 0. The maximum atomic E-state index is 12.1. The molecule has 0 aliphatic rings. The summed E-state index contributed by atoms with van der Waals surface area (Å²) < 4.78 is 34.1. The smallest absolute Gasteiger partial charge is 0.387 e. The second-order valence-electron chi connectivity index (χ2n) is 6.80. The third kappa shape index (κ3) is 7.54. The Morgan fingerprint density at radius 3 is 2.40 bits per heavy atom. The number of carbonyl (C=O) groups excluding carboxylic acids is 2. The minimum absolute atomic E-state index is 0.0214. The van der Waals surface area contributed by atoms with E-state index < -0.39 is 18.4 Å². The second kappa shape index (κ2) is 10.9. The molecule has 0 fully saturated rings. The van der Waals surface area contributed by atoms with Crippen molar-refractivity contribution in [2.24, 2.45) is 0 Å². The van der Waals surface area contributed by atoms with Crippen molar-refractivity contribution in [3.63, 3.8) is 0 Å². The maximum Gasteiger partial charge on any atom is 0.387 e. The Bertz CT molecular complexity index is 897. The van der Waals surface area contributed by atoms with Crippen LogP contribution in [0.15, 0.2) is 48.5 Å². The van der Waals surface area contributed by atoms with Crippen LogP contribution in [0.4, 0.5) is 8.78 Å². The van der Waals surface area contributed by atoms with Crippen molar-refractivity contribution >= 4 is 17.9 Å². The topological polar surface area (TPSA) is 76.7 Å². The van der Waals surface area contributed by atoms with Gasteiger partial charge in [0.15, 0.2) is 6.61 Å². The van der Waals surface area contributed by atoms with Gasteiger partial charge in [-0.25, -0.2) is 0 Å². The third-order valence-corrected chi connectivity index (χ3v) is 4.01. The Morgan fingerprint density at radius 1 is 1.07 bits per heavy atom. The van der Waals surface area contributed by atoms with E-state index in [1.807, 2.05) is 39.0 Å². The summed E-state index contributed by atoms with van der Waals surface area (Å²) in [5.41, 5.74) is 7.12. The third-order valence-electron chi connectivity index (χ3n) is 4.01. The molecule has 2 aromatic rings. The molecule has 2 rings (SSSR count). The minimum Gasteiger partial charge on any atom is -0.483 e. The van der Waals surface area contributed by atoms with E-state index in [4.69, 9.17) is 4.74 Å². The van der Waals surface area contributed by atoms with Crippen molar-refractivity contribution in [3.8, 4) is 11.5 Å². The Morgan fingerprint density at radius 2 is 1.77 bits per heavy atom. The van der Waals surface area contributed by atoms with Crippen LogP contribution < -0.4 is 20.3 Å². The van der Waals surface area contributed by atoms with E-state index >= 15 is 0 Å². The molecule has 2 amide bonds. The normalized spacial score (nSPS) is 11.0. The number of amides is 2. The van der Waals surface area contributed by atoms with Crippen LogP contribution in [0.3, 0.4) is 0 Å². The number of nitrogens with one attached hydrogen (secondary N) is 2. The lowest BCUT2D eigenvalue weighted by Gasteiger charge is -2.14. The van der Waals surface area contributed by atoms with Gasteiger partial charge in [-0.15, -0.1) is 0 Å². The Kier molecular flexibility index (Phi) is 8.34. The van der Waals surface area contributed by atoms with Crippen LogP contribution >= 0.6 is 0 Å². The van der Waals surface area contributed by atoms with E-state index in [1.165, 1.54) is 36.4 Å². The highest BCUT2D eigenvalue weighted by Crippen LogP contribution is 2.27. The summed E-state index contributed by atoms with van der Waals surface area (Å²) in [5.74, 6) is -0.181. The number of benzene rings is 2. The van der Waals surface area contributed by atoms with Gasteiger partial charge in [0.05, 0.1) is 0 Å². The number of halogens is 2. The molecule has 0 aromatic heterocycles. The summed E-state index contributed by atoms with van der Waals surface area (Å²) in [6.45, 7) is 2.85. The zero-order chi connectivity index (χ0) is 22.1. The molecule has 30 heavy (non-hydrogen) atoms. The lowest BCUT2D eigenvalue weighted by atomic mass is 10.0. The number of carbonyl (C=O) groups is 2. The van der Waals surface area contributed by atoms with Crippen LogP contribution in [0.25, 0.3) is 6.08 Å². The molecule has 160 valence electrons. The van der Waals surface area contributed by atoms with E-state index in [-0.39, 0.29) is 18.3 Å². The predicted molar refractivity (Wildman–Crippen MR) is 109 cm³/mol. The first-order valence-corrected chi connectivity index (χ1v) is 9.29. The monoisotopic (exact) mass is 418 g/mol. The lowest BCUT2D eigenvalue weighted by Crippen LogP contribution is -2.43. The highest BCUT2D eigenvalue weighted by atomic mass is 19.3. The van der Waals surface area contributed by atoms with Crippen LogP contribution in [0, 0.1) is 6.92 Å². The Labute approximate surface area is 173 Å². The lowest BCUT2D eigenvalue weighted by molar-refractivity contribution is -0.128. The molecule has 2 aromatic carbocycles. The zero-order valence-corrected chi connectivity index (χ0v) is 16.9. The molecule has 0 radical (unpaired) electrons. The van der Waals surface area contributed by atoms with E-state index in [0.29, 0.717) is 11.3 Å². The SMILES string of the molecule is Cc1ccc(C(C)C)c(OCC(=O)NNC(=O)/C=C/c2ccc(OC(F)F)cc2)c1. The number of hydrogen-bond acceptors (Lipinski definition) is 4. The van der Waals surface area contributed by atoms with Crippen LogP contribution in [-0.4, -0.2) is 25.0 Å².